The zero-order valence-electron chi connectivity index (χ0n) is 15.7. The van der Waals surface area contributed by atoms with Gasteiger partial charge in [0.25, 0.3) is 5.91 Å². The lowest BCUT2D eigenvalue weighted by Gasteiger charge is -2.28. The molecule has 1 heterocycles. The molecule has 140 valence electrons. The van der Waals surface area contributed by atoms with E-state index in [1.54, 1.807) is 6.20 Å². The Bertz CT molecular complexity index is 735. The molecule has 26 heavy (non-hydrogen) atoms. The second kappa shape index (κ2) is 8.62. The molecule has 2 unspecified atom stereocenters. The Balaban J connectivity index is 1.99. The van der Waals surface area contributed by atoms with Crippen LogP contribution in [0.15, 0.2) is 41.5 Å². The number of nitrogens with one attached hydrogen (secondary N) is 2. The van der Waals surface area contributed by atoms with Crippen molar-refractivity contribution in [3.63, 3.8) is 0 Å². The summed E-state index contributed by atoms with van der Waals surface area (Å²) < 4.78 is 0. The van der Waals surface area contributed by atoms with Crippen molar-refractivity contribution < 1.29 is 9.59 Å². The highest BCUT2D eigenvalue weighted by atomic mass is 79.9. The van der Waals surface area contributed by atoms with Crippen LogP contribution in [0.1, 0.15) is 38.8 Å². The van der Waals surface area contributed by atoms with Crippen LogP contribution in [0.3, 0.4) is 0 Å². The van der Waals surface area contributed by atoms with Crippen LogP contribution in [-0.2, 0) is 21.3 Å². The summed E-state index contributed by atoms with van der Waals surface area (Å²) in [6.07, 6.45) is 3.72. The highest BCUT2D eigenvalue weighted by Crippen LogP contribution is 2.15. The smallest absolute Gasteiger partial charge is 0.266 e. The van der Waals surface area contributed by atoms with E-state index < -0.39 is 0 Å². The van der Waals surface area contributed by atoms with E-state index >= 15 is 0 Å². The highest BCUT2D eigenvalue weighted by molar-refractivity contribution is 9.08. The van der Waals surface area contributed by atoms with Crippen molar-refractivity contribution in [2.75, 3.05) is 0 Å². The SMILES string of the molecule is CC1C(C(=O)NC(C)(C)C)=NC=CC1NC(=O)Cc1cccc(CBr)c1. The third-order valence-corrected chi connectivity index (χ3v) is 4.68. The molecule has 2 atom stereocenters. The zero-order chi connectivity index (χ0) is 19.3. The Kier molecular flexibility index (Phi) is 6.75. The molecule has 6 heteroatoms. The number of alkyl halides is 1. The van der Waals surface area contributed by atoms with Crippen molar-refractivity contribution in [2.45, 2.75) is 51.0 Å². The normalized spacial score (nSPS) is 19.7. The van der Waals surface area contributed by atoms with E-state index in [1.165, 1.54) is 0 Å². The molecule has 2 amide bonds. The van der Waals surface area contributed by atoms with Gasteiger partial charge in [0.2, 0.25) is 5.91 Å². The van der Waals surface area contributed by atoms with Gasteiger partial charge in [0.1, 0.15) is 5.71 Å². The maximum Gasteiger partial charge on any atom is 0.266 e. The van der Waals surface area contributed by atoms with E-state index in [1.807, 2.05) is 58.0 Å². The van der Waals surface area contributed by atoms with Crippen LogP contribution in [-0.4, -0.2) is 29.1 Å². The van der Waals surface area contributed by atoms with Crippen molar-refractivity contribution in [3.05, 3.63) is 47.7 Å². The van der Waals surface area contributed by atoms with Gasteiger partial charge in [-0.15, -0.1) is 0 Å². The Labute approximate surface area is 163 Å². The number of amides is 2. The maximum absolute atomic E-state index is 12.4. The van der Waals surface area contributed by atoms with Crippen LogP contribution in [0.25, 0.3) is 0 Å². The maximum atomic E-state index is 12.4. The van der Waals surface area contributed by atoms with Gasteiger partial charge in [0, 0.05) is 23.0 Å². The highest BCUT2D eigenvalue weighted by Gasteiger charge is 2.30. The molecule has 5 nitrogen and oxygen atoms in total. The quantitative estimate of drug-likeness (QED) is 0.719. The number of rotatable bonds is 5. The number of hydrogen-bond acceptors (Lipinski definition) is 3. The van der Waals surface area contributed by atoms with Crippen LogP contribution >= 0.6 is 15.9 Å². The van der Waals surface area contributed by atoms with Gasteiger partial charge in [-0.1, -0.05) is 47.1 Å². The summed E-state index contributed by atoms with van der Waals surface area (Å²) in [5.41, 5.74) is 2.20. The van der Waals surface area contributed by atoms with Crippen LogP contribution < -0.4 is 10.6 Å². The summed E-state index contributed by atoms with van der Waals surface area (Å²) in [6, 6.07) is 7.66. The molecule has 0 spiro atoms. The molecule has 2 N–H and O–H groups in total. The molecule has 1 aromatic carbocycles. The second-order valence-electron chi connectivity index (χ2n) is 7.57. The van der Waals surface area contributed by atoms with Crippen LogP contribution in [0.2, 0.25) is 0 Å². The first-order valence-corrected chi connectivity index (χ1v) is 9.82. The summed E-state index contributed by atoms with van der Waals surface area (Å²) >= 11 is 3.43. The van der Waals surface area contributed by atoms with Crippen molar-refractivity contribution in [1.82, 2.24) is 10.6 Å². The molecule has 1 aromatic rings. The van der Waals surface area contributed by atoms with E-state index in [0.717, 1.165) is 16.5 Å². The number of hydrogen-bond donors (Lipinski definition) is 2. The second-order valence-corrected chi connectivity index (χ2v) is 8.13. The molecular formula is C20H26BrN3O2. The lowest BCUT2D eigenvalue weighted by Crippen LogP contribution is -2.50. The standard InChI is InChI=1S/C20H26BrN3O2/c1-13-16(8-9-22-18(13)19(26)24-20(2,3)4)23-17(25)11-14-6-5-7-15(10-14)12-21/h5-10,13,16H,11-12H2,1-4H3,(H,23,25)(H,24,26). The zero-order valence-corrected chi connectivity index (χ0v) is 17.3. The molecule has 0 fully saturated rings. The van der Waals surface area contributed by atoms with E-state index in [2.05, 4.69) is 31.6 Å². The summed E-state index contributed by atoms with van der Waals surface area (Å²) in [4.78, 5) is 29.1. The Morgan fingerprint density at radius 1 is 1.23 bits per heavy atom. The van der Waals surface area contributed by atoms with Crippen molar-refractivity contribution in [1.29, 1.82) is 0 Å². The first-order chi connectivity index (χ1) is 12.2. The molecule has 1 aliphatic heterocycles. The number of carbonyl (C=O) groups excluding carboxylic acids is 2. The lowest BCUT2D eigenvalue weighted by molar-refractivity contribution is -0.121. The van der Waals surface area contributed by atoms with Gasteiger partial charge in [-0.05, 0) is 38.0 Å². The first-order valence-electron chi connectivity index (χ1n) is 8.69. The van der Waals surface area contributed by atoms with Crippen LogP contribution in [0.5, 0.6) is 0 Å². The minimum Gasteiger partial charge on any atom is -0.349 e. The van der Waals surface area contributed by atoms with Gasteiger partial charge in [-0.25, -0.2) is 0 Å². The largest absolute Gasteiger partial charge is 0.349 e. The number of nitrogens with zero attached hydrogens (tertiary/aromatic N) is 1. The van der Waals surface area contributed by atoms with Gasteiger partial charge >= 0.3 is 0 Å². The molecule has 0 bridgehead atoms. The fourth-order valence-electron chi connectivity index (χ4n) is 2.76. The average molecular weight is 420 g/mol. The number of benzene rings is 1. The molecule has 0 saturated heterocycles. The average Bonchev–Trinajstić information content (AvgIpc) is 2.55. The summed E-state index contributed by atoms with van der Waals surface area (Å²) in [5, 5.41) is 6.69. The number of carbonyl (C=O) groups is 2. The molecule has 0 radical (unpaired) electrons. The fourth-order valence-corrected chi connectivity index (χ4v) is 3.11. The van der Waals surface area contributed by atoms with E-state index in [0.29, 0.717) is 12.1 Å². The van der Waals surface area contributed by atoms with E-state index in [9.17, 15) is 9.59 Å². The third kappa shape index (κ3) is 5.80. The van der Waals surface area contributed by atoms with E-state index in [4.69, 9.17) is 0 Å². The molecule has 0 aromatic heterocycles. The summed E-state index contributed by atoms with van der Waals surface area (Å²) in [6.45, 7) is 7.68. The molecule has 0 saturated carbocycles. The van der Waals surface area contributed by atoms with Crippen molar-refractivity contribution >= 4 is 33.5 Å². The minimum atomic E-state index is -0.334. The Hall–Kier alpha value is -1.95. The molecule has 2 rings (SSSR count). The topological polar surface area (TPSA) is 70.6 Å². The predicted octanol–water partition coefficient (Wildman–Crippen LogP) is 3.13. The summed E-state index contributed by atoms with van der Waals surface area (Å²) in [7, 11) is 0. The van der Waals surface area contributed by atoms with Crippen LogP contribution in [0.4, 0.5) is 0 Å². The lowest BCUT2D eigenvalue weighted by atomic mass is 9.92. The Morgan fingerprint density at radius 2 is 1.92 bits per heavy atom. The molecular weight excluding hydrogens is 394 g/mol. The van der Waals surface area contributed by atoms with Gasteiger partial charge < -0.3 is 10.6 Å². The van der Waals surface area contributed by atoms with Crippen LogP contribution in [0, 0.1) is 5.92 Å². The van der Waals surface area contributed by atoms with Gasteiger partial charge in [-0.2, -0.15) is 0 Å². The first kappa shape index (κ1) is 20.4. The van der Waals surface area contributed by atoms with Gasteiger partial charge in [0.15, 0.2) is 0 Å². The van der Waals surface area contributed by atoms with Crippen molar-refractivity contribution in [3.8, 4) is 0 Å². The van der Waals surface area contributed by atoms with Gasteiger partial charge in [-0.3, -0.25) is 14.6 Å². The fraction of sp³-hybridized carbons (Fsp3) is 0.450. The van der Waals surface area contributed by atoms with E-state index in [-0.39, 0.29) is 29.3 Å². The summed E-state index contributed by atoms with van der Waals surface area (Å²) in [5.74, 6) is -0.463. The molecule has 0 aliphatic carbocycles. The number of halogens is 1. The predicted molar refractivity (Wildman–Crippen MR) is 108 cm³/mol. The van der Waals surface area contributed by atoms with Crippen molar-refractivity contribution in [2.24, 2.45) is 10.9 Å². The number of aliphatic imine (C=N–C) groups is 1. The minimum absolute atomic E-state index is 0.0734. The molecule has 1 aliphatic rings. The Morgan fingerprint density at radius 3 is 2.58 bits per heavy atom. The van der Waals surface area contributed by atoms with Gasteiger partial charge in [0.05, 0.1) is 12.5 Å². The third-order valence-electron chi connectivity index (χ3n) is 4.04. The monoisotopic (exact) mass is 419 g/mol.